The molecule has 5 rings (SSSR count). The number of hydrogen-bond acceptors (Lipinski definition) is 7. The first-order valence-corrected chi connectivity index (χ1v) is 12.9. The van der Waals surface area contributed by atoms with Gasteiger partial charge in [0.2, 0.25) is 5.91 Å². The molecule has 0 bridgehead atoms. The molecule has 0 aliphatic carbocycles. The van der Waals surface area contributed by atoms with Crippen LogP contribution in [0.5, 0.6) is 0 Å². The summed E-state index contributed by atoms with van der Waals surface area (Å²) in [7, 11) is 2.15. The molecule has 2 aromatic heterocycles. The Morgan fingerprint density at radius 1 is 1.00 bits per heavy atom. The highest BCUT2D eigenvalue weighted by molar-refractivity contribution is 5.79. The lowest BCUT2D eigenvalue weighted by Gasteiger charge is -2.33. The molecular weight excluding hydrogens is 454 g/mol. The molecule has 36 heavy (non-hydrogen) atoms. The maximum Gasteiger partial charge on any atom is 0.295 e. The van der Waals surface area contributed by atoms with Crippen LogP contribution in [0, 0.1) is 5.92 Å². The Morgan fingerprint density at radius 2 is 1.75 bits per heavy atom. The summed E-state index contributed by atoms with van der Waals surface area (Å²) in [6.45, 7) is 7.57. The molecule has 1 aromatic carbocycles. The number of anilines is 1. The first-order chi connectivity index (χ1) is 17.6. The fourth-order valence-corrected chi connectivity index (χ4v) is 5.09. The summed E-state index contributed by atoms with van der Waals surface area (Å²) in [5, 5.41) is 3.14. The number of benzene rings is 1. The van der Waals surface area contributed by atoms with Gasteiger partial charge in [0.15, 0.2) is 11.5 Å². The molecule has 0 radical (unpaired) electrons. The molecule has 4 heterocycles. The number of nitrogens with one attached hydrogen (secondary N) is 1. The molecule has 2 aliphatic heterocycles. The van der Waals surface area contributed by atoms with Crippen LogP contribution in [-0.2, 0) is 11.3 Å². The second-order valence-electron chi connectivity index (χ2n) is 9.86. The number of amides is 1. The van der Waals surface area contributed by atoms with E-state index in [9.17, 15) is 9.59 Å². The van der Waals surface area contributed by atoms with Gasteiger partial charge in [-0.25, -0.2) is 9.97 Å². The minimum absolute atomic E-state index is 0.0255. The van der Waals surface area contributed by atoms with Gasteiger partial charge in [0.25, 0.3) is 5.56 Å². The number of carbonyl (C=O) groups is 1. The smallest absolute Gasteiger partial charge is 0.295 e. The number of piperazine rings is 1. The normalized spacial score (nSPS) is 18.0. The molecule has 9 nitrogen and oxygen atoms in total. The zero-order chi connectivity index (χ0) is 24.9. The molecule has 3 aromatic rings. The lowest BCUT2D eigenvalue weighted by Crippen LogP contribution is -2.48. The van der Waals surface area contributed by atoms with Gasteiger partial charge in [-0.2, -0.15) is 0 Å². The van der Waals surface area contributed by atoms with Crippen LogP contribution in [0.3, 0.4) is 0 Å². The largest absolute Gasteiger partial charge is 0.355 e. The third kappa shape index (κ3) is 5.57. The van der Waals surface area contributed by atoms with Crippen LogP contribution < -0.4 is 15.8 Å². The van der Waals surface area contributed by atoms with Crippen molar-refractivity contribution in [2.45, 2.75) is 19.4 Å². The highest BCUT2D eigenvalue weighted by atomic mass is 16.2. The first-order valence-electron chi connectivity index (χ1n) is 12.9. The SMILES string of the molecule is CN1CCN(CCNC(=O)C2CCN(c3nc4cccnc4n(Cc4ccccc4)c3=O)CC2)CC1. The number of piperidine rings is 1. The lowest BCUT2D eigenvalue weighted by atomic mass is 9.96. The van der Waals surface area contributed by atoms with E-state index < -0.39 is 0 Å². The molecule has 2 aliphatic rings. The van der Waals surface area contributed by atoms with Gasteiger partial charge in [0, 0.05) is 64.5 Å². The quantitative estimate of drug-likeness (QED) is 0.537. The summed E-state index contributed by atoms with van der Waals surface area (Å²) in [5.41, 5.74) is 2.19. The minimum atomic E-state index is -0.139. The summed E-state index contributed by atoms with van der Waals surface area (Å²) in [6, 6.07) is 13.7. The average molecular weight is 490 g/mol. The molecule has 2 saturated heterocycles. The van der Waals surface area contributed by atoms with E-state index in [4.69, 9.17) is 4.98 Å². The number of hydrogen-bond donors (Lipinski definition) is 1. The second-order valence-corrected chi connectivity index (χ2v) is 9.86. The van der Waals surface area contributed by atoms with E-state index in [1.165, 1.54) is 0 Å². The van der Waals surface area contributed by atoms with Crippen molar-refractivity contribution < 1.29 is 4.79 Å². The van der Waals surface area contributed by atoms with E-state index in [1.807, 2.05) is 47.4 Å². The van der Waals surface area contributed by atoms with E-state index >= 15 is 0 Å². The molecule has 0 spiro atoms. The molecule has 190 valence electrons. The van der Waals surface area contributed by atoms with Gasteiger partial charge in [0.05, 0.1) is 6.54 Å². The predicted molar refractivity (Wildman–Crippen MR) is 141 cm³/mol. The van der Waals surface area contributed by atoms with Crippen LogP contribution in [0.1, 0.15) is 18.4 Å². The van der Waals surface area contributed by atoms with Crippen LogP contribution in [0.4, 0.5) is 5.82 Å². The van der Waals surface area contributed by atoms with Crippen molar-refractivity contribution in [1.82, 2.24) is 29.7 Å². The Balaban J connectivity index is 1.23. The van der Waals surface area contributed by atoms with E-state index in [2.05, 4.69) is 27.1 Å². The molecule has 9 heteroatoms. The molecule has 0 saturated carbocycles. The molecular formula is C27H35N7O2. The summed E-state index contributed by atoms with van der Waals surface area (Å²) in [5.74, 6) is 0.545. The second kappa shape index (κ2) is 11.2. The third-order valence-electron chi connectivity index (χ3n) is 7.36. The Hall–Kier alpha value is -3.30. The van der Waals surface area contributed by atoms with E-state index in [-0.39, 0.29) is 17.4 Å². The topological polar surface area (TPSA) is 86.6 Å². The van der Waals surface area contributed by atoms with Crippen LogP contribution in [0.2, 0.25) is 0 Å². The van der Waals surface area contributed by atoms with E-state index in [0.717, 1.165) is 38.3 Å². The first kappa shape index (κ1) is 24.4. The monoisotopic (exact) mass is 489 g/mol. The summed E-state index contributed by atoms with van der Waals surface area (Å²) in [6.07, 6.45) is 3.12. The minimum Gasteiger partial charge on any atom is -0.355 e. The molecule has 0 unspecified atom stereocenters. The van der Waals surface area contributed by atoms with Gasteiger partial charge in [-0.1, -0.05) is 30.3 Å². The third-order valence-corrected chi connectivity index (χ3v) is 7.36. The van der Waals surface area contributed by atoms with Crippen molar-refractivity contribution >= 4 is 22.9 Å². The molecule has 0 atom stereocenters. The van der Waals surface area contributed by atoms with Crippen molar-refractivity contribution in [1.29, 1.82) is 0 Å². The van der Waals surface area contributed by atoms with Gasteiger partial charge >= 0.3 is 0 Å². The van der Waals surface area contributed by atoms with Gasteiger partial charge in [-0.05, 0) is 37.6 Å². The maximum atomic E-state index is 13.5. The summed E-state index contributed by atoms with van der Waals surface area (Å²) < 4.78 is 1.71. The zero-order valence-corrected chi connectivity index (χ0v) is 21.0. The van der Waals surface area contributed by atoms with Crippen LogP contribution in [-0.4, -0.2) is 89.6 Å². The number of carbonyl (C=O) groups excluding carboxylic acids is 1. The van der Waals surface area contributed by atoms with Crippen LogP contribution >= 0.6 is 0 Å². The van der Waals surface area contributed by atoms with E-state index in [1.54, 1.807) is 10.8 Å². The Labute approximate surface area is 211 Å². The van der Waals surface area contributed by atoms with Crippen molar-refractivity contribution in [3.63, 3.8) is 0 Å². The standard InChI is InChI=1S/C27H35N7O2/c1-31-16-18-32(19-17-31)15-12-29-26(35)22-9-13-33(14-10-22)25-27(36)34(20-21-6-3-2-4-7-21)24-23(30-25)8-5-11-28-24/h2-8,11,22H,9-10,12-20H2,1H3,(H,29,35). The van der Waals surface area contributed by atoms with Crippen LogP contribution in [0.15, 0.2) is 53.5 Å². The van der Waals surface area contributed by atoms with E-state index in [0.29, 0.717) is 56.0 Å². The Kier molecular flexibility index (Phi) is 7.58. The molecule has 2 fully saturated rings. The van der Waals surface area contributed by atoms with Gasteiger partial charge in [0.1, 0.15) is 5.52 Å². The maximum absolute atomic E-state index is 13.5. The zero-order valence-electron chi connectivity index (χ0n) is 21.0. The summed E-state index contributed by atoms with van der Waals surface area (Å²) >= 11 is 0. The van der Waals surface area contributed by atoms with Crippen molar-refractivity contribution in [3.8, 4) is 0 Å². The Bertz CT molecular complexity index is 1230. The van der Waals surface area contributed by atoms with Crippen LogP contribution in [0.25, 0.3) is 11.2 Å². The highest BCUT2D eigenvalue weighted by Gasteiger charge is 2.28. The highest BCUT2D eigenvalue weighted by Crippen LogP contribution is 2.22. The number of rotatable bonds is 7. The lowest BCUT2D eigenvalue weighted by molar-refractivity contribution is -0.125. The molecule has 1 amide bonds. The van der Waals surface area contributed by atoms with Gasteiger partial charge < -0.3 is 15.1 Å². The number of aromatic nitrogens is 3. The van der Waals surface area contributed by atoms with Gasteiger partial charge in [-0.15, -0.1) is 0 Å². The number of nitrogens with zero attached hydrogens (tertiary/aromatic N) is 6. The average Bonchev–Trinajstić information content (AvgIpc) is 2.92. The van der Waals surface area contributed by atoms with Gasteiger partial charge in [-0.3, -0.25) is 19.1 Å². The molecule has 1 N–H and O–H groups in total. The number of pyridine rings is 1. The number of fused-ring (bicyclic) bond motifs is 1. The summed E-state index contributed by atoms with van der Waals surface area (Å²) in [4.78, 5) is 42.3. The predicted octanol–water partition coefficient (Wildman–Crippen LogP) is 1.42. The number of likely N-dealkylation sites (N-methyl/N-ethyl adjacent to an activating group) is 1. The van der Waals surface area contributed by atoms with Crippen molar-refractivity contribution in [2.24, 2.45) is 5.92 Å². The fraction of sp³-hybridized carbons (Fsp3) is 0.481. The fourth-order valence-electron chi connectivity index (χ4n) is 5.09. The van der Waals surface area contributed by atoms with Crippen molar-refractivity contribution in [3.05, 3.63) is 64.6 Å². The Morgan fingerprint density at radius 3 is 2.50 bits per heavy atom. The van der Waals surface area contributed by atoms with Crippen molar-refractivity contribution in [2.75, 3.05) is 64.3 Å².